The average Bonchev–Trinajstić information content (AvgIpc) is 2.05. The van der Waals surface area contributed by atoms with Gasteiger partial charge in [0.25, 0.3) is 0 Å². The number of rotatable bonds is 0. The summed E-state index contributed by atoms with van der Waals surface area (Å²) in [4.78, 5) is 4.00. The lowest BCUT2D eigenvalue weighted by Gasteiger charge is -2.15. The zero-order valence-electron chi connectivity index (χ0n) is 5.59. The lowest BCUT2D eigenvalue weighted by Crippen LogP contribution is -2.09. The van der Waals surface area contributed by atoms with Gasteiger partial charge >= 0.3 is 0 Å². The van der Waals surface area contributed by atoms with Crippen molar-refractivity contribution in [2.75, 3.05) is 11.9 Å². The average molecular weight is 132 g/mol. The Morgan fingerprint density at radius 3 is 3.50 bits per heavy atom. The molecule has 1 aromatic rings. The van der Waals surface area contributed by atoms with Gasteiger partial charge in [0, 0.05) is 19.2 Å². The summed E-state index contributed by atoms with van der Waals surface area (Å²) >= 11 is 0. The predicted octanol–water partition coefficient (Wildman–Crippen LogP) is 1.33. The Kier molecular flexibility index (Phi) is 1.31. The summed E-state index contributed by atoms with van der Waals surface area (Å²) in [6.07, 6.45) is 7.88. The lowest BCUT2D eigenvalue weighted by atomic mass is 10.1. The summed E-state index contributed by atoms with van der Waals surface area (Å²) in [5, 5.41) is 3.24. The normalized spacial score (nSPS) is 15.6. The van der Waals surface area contributed by atoms with Crippen LogP contribution in [-0.2, 0) is 0 Å². The van der Waals surface area contributed by atoms with Gasteiger partial charge in [0.2, 0.25) is 0 Å². The van der Waals surface area contributed by atoms with Gasteiger partial charge in [0.05, 0.1) is 11.9 Å². The fourth-order valence-electron chi connectivity index (χ4n) is 1.08. The van der Waals surface area contributed by atoms with Crippen LogP contribution >= 0.6 is 0 Å². The molecule has 2 nitrogen and oxygen atoms in total. The van der Waals surface area contributed by atoms with Crippen LogP contribution < -0.4 is 5.32 Å². The third-order valence-corrected chi connectivity index (χ3v) is 1.58. The Bertz CT molecular complexity index is 207. The number of aromatic nitrogens is 1. The van der Waals surface area contributed by atoms with E-state index in [0.717, 1.165) is 24.2 Å². The number of anilines is 1. The molecule has 2 heteroatoms. The molecule has 2 rings (SSSR count). The Morgan fingerprint density at radius 1 is 1.60 bits per heavy atom. The summed E-state index contributed by atoms with van der Waals surface area (Å²) in [7, 11) is 0. The number of fused-ring (bicyclic) bond motifs is 1. The van der Waals surface area contributed by atoms with Crippen molar-refractivity contribution in [2.24, 2.45) is 0 Å². The van der Waals surface area contributed by atoms with Gasteiger partial charge in [0.15, 0.2) is 0 Å². The molecule has 2 radical (unpaired) electrons. The summed E-state index contributed by atoms with van der Waals surface area (Å²) in [6, 6.07) is 1.97. The SMILES string of the molecule is [C]1CCNc2cnccc21. The summed E-state index contributed by atoms with van der Waals surface area (Å²) in [5.41, 5.74) is 2.26. The van der Waals surface area contributed by atoms with Gasteiger partial charge in [-0.2, -0.15) is 0 Å². The quantitative estimate of drug-likeness (QED) is 0.576. The van der Waals surface area contributed by atoms with Gasteiger partial charge in [0.1, 0.15) is 0 Å². The van der Waals surface area contributed by atoms with Crippen molar-refractivity contribution in [3.8, 4) is 0 Å². The molecule has 10 heavy (non-hydrogen) atoms. The Morgan fingerprint density at radius 2 is 2.60 bits per heavy atom. The van der Waals surface area contributed by atoms with Gasteiger partial charge < -0.3 is 5.32 Å². The maximum Gasteiger partial charge on any atom is 0.0565 e. The van der Waals surface area contributed by atoms with Crippen molar-refractivity contribution in [1.82, 2.24) is 4.98 Å². The third-order valence-electron chi connectivity index (χ3n) is 1.58. The van der Waals surface area contributed by atoms with E-state index < -0.39 is 0 Å². The maximum absolute atomic E-state index is 4.00. The van der Waals surface area contributed by atoms with Crippen LogP contribution in [0.3, 0.4) is 0 Å². The maximum atomic E-state index is 4.00. The molecule has 0 aliphatic carbocycles. The molecule has 0 atom stereocenters. The first-order valence-corrected chi connectivity index (χ1v) is 3.38. The van der Waals surface area contributed by atoms with Crippen molar-refractivity contribution >= 4 is 5.69 Å². The van der Waals surface area contributed by atoms with E-state index in [1.807, 2.05) is 12.3 Å². The minimum Gasteiger partial charge on any atom is -0.384 e. The highest BCUT2D eigenvalue weighted by atomic mass is 14.9. The van der Waals surface area contributed by atoms with Crippen LogP contribution in [0, 0.1) is 6.42 Å². The molecule has 0 spiro atoms. The predicted molar refractivity (Wildman–Crippen MR) is 39.7 cm³/mol. The summed E-state index contributed by atoms with van der Waals surface area (Å²) in [6.45, 7) is 0.985. The third kappa shape index (κ3) is 0.856. The van der Waals surface area contributed by atoms with Crippen molar-refractivity contribution in [3.05, 3.63) is 30.4 Å². The minimum absolute atomic E-state index is 0.985. The number of hydrogen-bond donors (Lipinski definition) is 1. The van der Waals surface area contributed by atoms with Crippen LogP contribution in [0.4, 0.5) is 5.69 Å². The van der Waals surface area contributed by atoms with E-state index >= 15 is 0 Å². The topological polar surface area (TPSA) is 24.9 Å². The van der Waals surface area contributed by atoms with E-state index in [1.165, 1.54) is 0 Å². The van der Waals surface area contributed by atoms with E-state index in [9.17, 15) is 0 Å². The van der Waals surface area contributed by atoms with Gasteiger partial charge in [-0.1, -0.05) is 0 Å². The first kappa shape index (κ1) is 5.71. The molecule has 1 aromatic heterocycles. The second-order valence-electron chi connectivity index (χ2n) is 2.27. The Balaban J connectivity index is 2.41. The first-order valence-electron chi connectivity index (χ1n) is 3.38. The van der Waals surface area contributed by atoms with Crippen LogP contribution in [-0.4, -0.2) is 11.5 Å². The molecule has 0 aromatic carbocycles. The lowest BCUT2D eigenvalue weighted by molar-refractivity contribution is 0.966. The van der Waals surface area contributed by atoms with Crippen molar-refractivity contribution < 1.29 is 0 Å². The molecule has 1 aliphatic rings. The van der Waals surface area contributed by atoms with Crippen molar-refractivity contribution in [1.29, 1.82) is 0 Å². The van der Waals surface area contributed by atoms with Gasteiger partial charge in [-0.05, 0) is 18.1 Å². The molecule has 1 N–H and O–H groups in total. The largest absolute Gasteiger partial charge is 0.384 e. The number of nitrogens with one attached hydrogen (secondary N) is 1. The molecule has 0 saturated carbocycles. The molecule has 0 bridgehead atoms. The van der Waals surface area contributed by atoms with Gasteiger partial charge in [-0.3, -0.25) is 4.98 Å². The highest BCUT2D eigenvalue weighted by Crippen LogP contribution is 2.20. The summed E-state index contributed by atoms with van der Waals surface area (Å²) < 4.78 is 0. The van der Waals surface area contributed by atoms with E-state index in [2.05, 4.69) is 16.7 Å². The van der Waals surface area contributed by atoms with Crippen LogP contribution in [0.1, 0.15) is 12.0 Å². The molecule has 0 saturated heterocycles. The number of nitrogens with zero attached hydrogens (tertiary/aromatic N) is 1. The second kappa shape index (κ2) is 2.29. The summed E-state index contributed by atoms with van der Waals surface area (Å²) in [5.74, 6) is 0. The fourth-order valence-corrected chi connectivity index (χ4v) is 1.08. The smallest absolute Gasteiger partial charge is 0.0565 e. The standard InChI is InChI=1S/C8H8N2/c1-2-7-3-5-9-6-8(7)10-4-1/h3,5-6,10H,1,4H2. The van der Waals surface area contributed by atoms with E-state index in [-0.39, 0.29) is 0 Å². The zero-order valence-corrected chi connectivity index (χ0v) is 5.59. The van der Waals surface area contributed by atoms with E-state index in [4.69, 9.17) is 0 Å². The van der Waals surface area contributed by atoms with Crippen LogP contribution in [0.2, 0.25) is 0 Å². The van der Waals surface area contributed by atoms with Crippen LogP contribution in [0.15, 0.2) is 18.5 Å². The minimum atomic E-state index is 0.985. The highest BCUT2D eigenvalue weighted by Gasteiger charge is 2.06. The molecule has 0 unspecified atom stereocenters. The van der Waals surface area contributed by atoms with Crippen molar-refractivity contribution in [3.63, 3.8) is 0 Å². The van der Waals surface area contributed by atoms with Crippen LogP contribution in [0.5, 0.6) is 0 Å². The molecular formula is C8H8N2. The number of hydrogen-bond acceptors (Lipinski definition) is 2. The second-order valence-corrected chi connectivity index (χ2v) is 2.27. The van der Waals surface area contributed by atoms with Crippen molar-refractivity contribution in [2.45, 2.75) is 6.42 Å². The fraction of sp³-hybridized carbons (Fsp3) is 0.250. The monoisotopic (exact) mass is 132 g/mol. The zero-order chi connectivity index (χ0) is 6.81. The van der Waals surface area contributed by atoms with Gasteiger partial charge in [-0.25, -0.2) is 0 Å². The molecule has 2 heterocycles. The van der Waals surface area contributed by atoms with E-state index in [1.54, 1.807) is 6.20 Å². The molecule has 0 fully saturated rings. The molecule has 0 amide bonds. The Labute approximate surface area is 60.3 Å². The number of pyridine rings is 1. The van der Waals surface area contributed by atoms with Crippen LogP contribution in [0.25, 0.3) is 0 Å². The molecule has 50 valence electrons. The molecule has 1 aliphatic heterocycles. The first-order chi connectivity index (χ1) is 4.97. The van der Waals surface area contributed by atoms with Gasteiger partial charge in [-0.15, -0.1) is 0 Å². The molecular weight excluding hydrogens is 124 g/mol. The van der Waals surface area contributed by atoms with E-state index in [0.29, 0.717) is 0 Å². The Hall–Kier alpha value is -1.05. The highest BCUT2D eigenvalue weighted by molar-refractivity contribution is 5.54.